The van der Waals surface area contributed by atoms with E-state index < -0.39 is 49.4 Å². The van der Waals surface area contributed by atoms with Crippen LogP contribution in [0.1, 0.15) is 8.27 Å². The van der Waals surface area contributed by atoms with Gasteiger partial charge in [0.1, 0.15) is 18.2 Å². The minimum atomic E-state index is -1.89. The summed E-state index contributed by atoms with van der Waals surface area (Å²) in [6.45, 7) is -1.52. The van der Waals surface area contributed by atoms with Crippen LogP contribution in [0.3, 0.4) is 0 Å². The Kier molecular flexibility index (Phi) is 4.79. The fraction of sp³-hybridized carbons (Fsp3) is 0.750. The molecule has 7 nitrogen and oxygen atoms in total. The molecular weight excluding hydrogens is 206 g/mol. The molecule has 0 aromatic heterocycles. The molecule has 6 N–H and O–H groups in total. The Morgan fingerprint density at radius 3 is 2.27 bits per heavy atom. The van der Waals surface area contributed by atoms with Crippen LogP contribution in [0.25, 0.3) is 0 Å². The van der Waals surface area contributed by atoms with E-state index in [1.54, 1.807) is 0 Å². The Balaban J connectivity index is 4.55. The lowest BCUT2D eigenvalue weighted by atomic mass is 9.98. The van der Waals surface area contributed by atoms with Crippen molar-refractivity contribution in [1.82, 2.24) is 0 Å². The van der Waals surface area contributed by atoms with Gasteiger partial charge >= 0.3 is 0 Å². The maximum atomic E-state index is 11.2. The van der Waals surface area contributed by atoms with Gasteiger partial charge in [0.25, 0.3) is 0 Å². The first-order chi connectivity index (χ1) is 7.36. The monoisotopic (exact) mass is 222 g/mol. The van der Waals surface area contributed by atoms with Gasteiger partial charge < -0.3 is 26.2 Å². The van der Waals surface area contributed by atoms with E-state index in [1.807, 2.05) is 0 Å². The van der Waals surface area contributed by atoms with Crippen LogP contribution < -0.4 is 5.73 Å². The van der Waals surface area contributed by atoms with Crippen molar-refractivity contribution in [3.8, 4) is 0 Å². The number of hydrogen-bond acceptors (Lipinski definition) is 7. The molecule has 0 saturated carbocycles. The van der Waals surface area contributed by atoms with E-state index in [-0.39, 0.29) is 0 Å². The highest BCUT2D eigenvalue weighted by molar-refractivity contribution is 6.40. The second-order valence-electron chi connectivity index (χ2n) is 3.01. The van der Waals surface area contributed by atoms with Crippen molar-refractivity contribution in [2.45, 2.75) is 31.3 Å². The Morgan fingerprint density at radius 1 is 1.33 bits per heavy atom. The Bertz CT molecular complexity index is 261. The molecule has 0 saturated heterocycles. The second-order valence-corrected chi connectivity index (χ2v) is 3.01. The molecule has 4 atom stereocenters. The molecule has 88 valence electrons. The summed E-state index contributed by atoms with van der Waals surface area (Å²) >= 11 is 0. The fourth-order valence-electron chi connectivity index (χ4n) is 0.806. The molecule has 0 heterocycles. The van der Waals surface area contributed by atoms with E-state index >= 15 is 0 Å². The molecule has 0 aromatic rings. The number of rotatable bonds is 6. The molecule has 0 aromatic carbocycles. The first-order valence-electron chi connectivity index (χ1n) is 4.85. The minimum Gasteiger partial charge on any atom is -0.393 e. The van der Waals surface area contributed by atoms with Gasteiger partial charge in [-0.3, -0.25) is 9.59 Å². The fourth-order valence-corrected chi connectivity index (χ4v) is 0.806. The molecule has 0 aliphatic heterocycles. The van der Waals surface area contributed by atoms with E-state index in [2.05, 4.69) is 0 Å². The lowest BCUT2D eigenvalue weighted by Gasteiger charge is -2.19. The van der Waals surface area contributed by atoms with Crippen LogP contribution >= 0.6 is 0 Å². The molecule has 0 rings (SSSR count). The van der Waals surface area contributed by atoms with Crippen molar-refractivity contribution in [3.05, 3.63) is 0 Å². The van der Waals surface area contributed by atoms with Gasteiger partial charge in [-0.2, -0.15) is 0 Å². The van der Waals surface area contributed by atoms with Gasteiger partial charge in [0.2, 0.25) is 11.6 Å². The Labute approximate surface area is 87.5 Å². The third-order valence-electron chi connectivity index (χ3n) is 1.78. The second kappa shape index (κ2) is 5.89. The quantitative estimate of drug-likeness (QED) is 0.294. The van der Waals surface area contributed by atoms with Crippen LogP contribution in [-0.2, 0) is 9.59 Å². The van der Waals surface area contributed by atoms with Crippen molar-refractivity contribution < 1.29 is 31.4 Å². The molecule has 0 bridgehead atoms. The van der Waals surface area contributed by atoms with E-state index in [4.69, 9.17) is 22.4 Å². The molecule has 0 fully saturated rings. The predicted molar refractivity (Wildman–Crippen MR) is 48.8 cm³/mol. The number of nitrogens with two attached hydrogens (primary N) is 1. The van der Waals surface area contributed by atoms with Crippen LogP contribution in [0.5, 0.6) is 0 Å². The van der Waals surface area contributed by atoms with Crippen LogP contribution in [0.2, 0.25) is 0 Å². The standard InChI is InChI=1S/C8H15NO6/c1-3(11)6(13)5(9)8(15)7(14)4(12)2-10/h3-6,10-13H,2,9H2,1H3/t3?,4-,5+,6?/m1/s1/i1D. The first-order valence-corrected chi connectivity index (χ1v) is 4.14. The molecule has 2 unspecified atom stereocenters. The largest absolute Gasteiger partial charge is 0.393 e. The number of carbonyl (C=O) groups excluding carboxylic acids is 2. The van der Waals surface area contributed by atoms with Gasteiger partial charge in [-0.25, -0.2) is 0 Å². The molecule has 15 heavy (non-hydrogen) atoms. The van der Waals surface area contributed by atoms with E-state index in [9.17, 15) is 14.7 Å². The lowest BCUT2D eigenvalue weighted by molar-refractivity contribution is -0.145. The van der Waals surface area contributed by atoms with Crippen LogP contribution in [-0.4, -0.2) is 63.0 Å². The maximum absolute atomic E-state index is 11.2. The van der Waals surface area contributed by atoms with Gasteiger partial charge in [-0.05, 0) is 6.90 Å². The van der Waals surface area contributed by atoms with Crippen molar-refractivity contribution in [2.75, 3.05) is 6.61 Å². The minimum absolute atomic E-state index is 0.584. The molecule has 0 aliphatic carbocycles. The number of aliphatic hydroxyl groups excluding tert-OH is 4. The summed E-state index contributed by atoms with van der Waals surface area (Å²) < 4.78 is 6.75. The van der Waals surface area contributed by atoms with Crippen molar-refractivity contribution in [3.63, 3.8) is 0 Å². The smallest absolute Gasteiger partial charge is 0.230 e. The predicted octanol–water partition coefficient (Wildman–Crippen LogP) is -3.45. The van der Waals surface area contributed by atoms with Gasteiger partial charge in [0.15, 0.2) is 0 Å². The third kappa shape index (κ3) is 3.65. The number of hydrogen-bond donors (Lipinski definition) is 5. The summed E-state index contributed by atoms with van der Waals surface area (Å²) in [7, 11) is 0. The molecule has 0 radical (unpaired) electrons. The zero-order valence-electron chi connectivity index (χ0n) is 8.91. The highest BCUT2D eigenvalue weighted by Gasteiger charge is 2.33. The van der Waals surface area contributed by atoms with Crippen molar-refractivity contribution in [2.24, 2.45) is 5.73 Å². The van der Waals surface area contributed by atoms with E-state index in [0.29, 0.717) is 0 Å². The SMILES string of the molecule is [2H]CC(O)C(O)[C@H](N)C(=O)C(=O)[C@H](O)CO. The molecule has 0 spiro atoms. The molecule has 7 heteroatoms. The van der Waals surface area contributed by atoms with Crippen molar-refractivity contribution in [1.29, 1.82) is 0 Å². The summed E-state index contributed by atoms with van der Waals surface area (Å²) in [6.07, 6.45) is -5.21. The summed E-state index contributed by atoms with van der Waals surface area (Å²) in [5.74, 6) is -2.65. The number of aliphatic hydroxyl groups is 4. The van der Waals surface area contributed by atoms with Gasteiger partial charge in [-0.1, -0.05) is 0 Å². The third-order valence-corrected chi connectivity index (χ3v) is 1.78. The van der Waals surface area contributed by atoms with E-state index in [0.717, 1.165) is 0 Å². The number of ketones is 2. The van der Waals surface area contributed by atoms with Crippen molar-refractivity contribution >= 4 is 11.6 Å². The average molecular weight is 222 g/mol. The highest BCUT2D eigenvalue weighted by atomic mass is 16.3. The Hall–Kier alpha value is -0.860. The summed E-state index contributed by atoms with van der Waals surface area (Å²) in [5.41, 5.74) is 5.17. The molecule has 0 aliphatic rings. The average Bonchev–Trinajstić information content (AvgIpc) is 2.32. The number of carbonyl (C=O) groups is 2. The Morgan fingerprint density at radius 2 is 1.87 bits per heavy atom. The maximum Gasteiger partial charge on any atom is 0.230 e. The number of Topliss-reactive ketones (excluding diaryl/α,β-unsaturated/α-hetero) is 2. The summed E-state index contributed by atoms with van der Waals surface area (Å²) in [4.78, 5) is 22.3. The van der Waals surface area contributed by atoms with Gasteiger partial charge in [0.05, 0.1) is 12.7 Å². The summed E-state index contributed by atoms with van der Waals surface area (Å²) in [5, 5.41) is 35.6. The first kappa shape index (κ1) is 12.2. The van der Waals surface area contributed by atoms with Gasteiger partial charge in [-0.15, -0.1) is 0 Å². The zero-order valence-corrected chi connectivity index (χ0v) is 7.91. The zero-order chi connectivity index (χ0) is 12.9. The molecule has 0 amide bonds. The normalized spacial score (nSPS) is 19.9. The van der Waals surface area contributed by atoms with Gasteiger partial charge in [0, 0.05) is 1.37 Å². The lowest BCUT2D eigenvalue weighted by Crippen LogP contribution is -2.52. The van der Waals surface area contributed by atoms with E-state index in [1.165, 1.54) is 0 Å². The molecular formula is C8H15NO6. The summed E-state index contributed by atoms with van der Waals surface area (Å²) in [6, 6.07) is -1.73. The highest BCUT2D eigenvalue weighted by Crippen LogP contribution is 2.01. The van der Waals surface area contributed by atoms with Crippen LogP contribution in [0.4, 0.5) is 0 Å². The van der Waals surface area contributed by atoms with Crippen LogP contribution in [0.15, 0.2) is 0 Å². The van der Waals surface area contributed by atoms with Crippen LogP contribution in [0, 0.1) is 0 Å². The topological polar surface area (TPSA) is 141 Å².